The van der Waals surface area contributed by atoms with Gasteiger partial charge in [-0.15, -0.1) is 0 Å². The smallest absolute Gasteiger partial charge is 0.207 e. The summed E-state index contributed by atoms with van der Waals surface area (Å²) in [5.41, 5.74) is 0. The number of nitrogens with zero attached hydrogens (tertiary/aromatic N) is 1. The Kier molecular flexibility index (Phi) is 3.38. The van der Waals surface area contributed by atoms with Crippen molar-refractivity contribution in [2.75, 3.05) is 0 Å². The van der Waals surface area contributed by atoms with Crippen molar-refractivity contribution in [1.82, 2.24) is 4.31 Å². The van der Waals surface area contributed by atoms with Crippen LogP contribution in [0.15, 0.2) is 35.2 Å². The van der Waals surface area contributed by atoms with Crippen molar-refractivity contribution in [2.24, 2.45) is 0 Å². The highest BCUT2D eigenvalue weighted by Crippen LogP contribution is 2.38. The van der Waals surface area contributed by atoms with E-state index >= 15 is 0 Å². The van der Waals surface area contributed by atoms with E-state index in [1.54, 1.807) is 10.4 Å². The fourth-order valence-corrected chi connectivity index (χ4v) is 5.43. The molecule has 1 aromatic rings. The molecule has 2 aliphatic rings. The average molecular weight is 318 g/mol. The Labute approximate surface area is 122 Å². The number of benzene rings is 1. The Morgan fingerprint density at radius 3 is 2.74 bits per heavy atom. The Morgan fingerprint density at radius 2 is 2.00 bits per heavy atom. The quantitative estimate of drug-likeness (QED) is 0.783. The summed E-state index contributed by atoms with van der Waals surface area (Å²) in [5, 5.41) is 0.598. The first-order valence-electron chi connectivity index (χ1n) is 6.15. The second-order valence-corrected chi connectivity index (χ2v) is 7.53. The summed E-state index contributed by atoms with van der Waals surface area (Å²) < 4.78 is 27.1. The molecule has 1 aromatic carbocycles. The van der Waals surface area contributed by atoms with Gasteiger partial charge in [-0.05, 0) is 37.5 Å². The minimum Gasteiger partial charge on any atom is -0.207 e. The van der Waals surface area contributed by atoms with E-state index in [4.69, 9.17) is 23.2 Å². The van der Waals surface area contributed by atoms with Crippen molar-refractivity contribution in [3.8, 4) is 0 Å². The Balaban J connectivity index is 2.08. The number of hydrogen-bond donors (Lipinski definition) is 0. The molecule has 2 heterocycles. The van der Waals surface area contributed by atoms with Gasteiger partial charge >= 0.3 is 0 Å². The van der Waals surface area contributed by atoms with Gasteiger partial charge in [0.2, 0.25) is 10.0 Å². The van der Waals surface area contributed by atoms with E-state index in [2.05, 4.69) is 6.08 Å². The molecule has 0 saturated carbocycles. The standard InChI is InChI=1S/C13H13Cl2NO2S/c14-9-4-7-12(15)13(8-9)19(17,18)16-10-2-1-3-11(16)6-5-10/h1-2,4,7-8,10-11H,3,5-6H2. The predicted octanol–water partition coefficient (Wildman–Crippen LogP) is 3.48. The number of rotatable bonds is 2. The maximum atomic E-state index is 12.8. The molecule has 1 fully saturated rings. The highest BCUT2D eigenvalue weighted by atomic mass is 35.5. The summed E-state index contributed by atoms with van der Waals surface area (Å²) in [6, 6.07) is 4.55. The van der Waals surface area contributed by atoms with Gasteiger partial charge < -0.3 is 0 Å². The highest BCUT2D eigenvalue weighted by molar-refractivity contribution is 7.89. The average Bonchev–Trinajstić information content (AvgIpc) is 2.64. The molecule has 0 aliphatic carbocycles. The lowest BCUT2D eigenvalue weighted by Crippen LogP contribution is -2.42. The first-order chi connectivity index (χ1) is 9.00. The van der Waals surface area contributed by atoms with Gasteiger partial charge in [-0.1, -0.05) is 35.4 Å². The van der Waals surface area contributed by atoms with E-state index in [1.165, 1.54) is 12.1 Å². The molecule has 3 rings (SSSR count). The molecule has 0 amide bonds. The monoisotopic (exact) mass is 317 g/mol. The van der Waals surface area contributed by atoms with Gasteiger partial charge in [0, 0.05) is 17.1 Å². The maximum Gasteiger partial charge on any atom is 0.245 e. The lowest BCUT2D eigenvalue weighted by molar-refractivity contribution is 0.341. The highest BCUT2D eigenvalue weighted by Gasteiger charge is 2.43. The molecule has 1 saturated heterocycles. The third-order valence-electron chi connectivity index (χ3n) is 3.70. The van der Waals surface area contributed by atoms with Crippen LogP contribution < -0.4 is 0 Å². The largest absolute Gasteiger partial charge is 0.245 e. The van der Waals surface area contributed by atoms with Gasteiger partial charge in [0.25, 0.3) is 0 Å². The van der Waals surface area contributed by atoms with Crippen LogP contribution in [0.5, 0.6) is 0 Å². The van der Waals surface area contributed by atoms with Gasteiger partial charge in [0.15, 0.2) is 0 Å². The molecule has 102 valence electrons. The molecule has 2 unspecified atom stereocenters. The molecular formula is C13H13Cl2NO2S. The fraction of sp³-hybridized carbons (Fsp3) is 0.385. The zero-order valence-corrected chi connectivity index (χ0v) is 12.4. The van der Waals surface area contributed by atoms with E-state index in [1.807, 2.05) is 6.08 Å². The van der Waals surface area contributed by atoms with Crippen LogP contribution in [0.4, 0.5) is 0 Å². The van der Waals surface area contributed by atoms with Gasteiger partial charge in [0.05, 0.1) is 5.02 Å². The molecule has 0 spiro atoms. The van der Waals surface area contributed by atoms with Crippen LogP contribution in [0.2, 0.25) is 10.0 Å². The van der Waals surface area contributed by atoms with Crippen molar-refractivity contribution >= 4 is 33.2 Å². The third kappa shape index (κ3) is 2.21. The maximum absolute atomic E-state index is 12.8. The SMILES string of the molecule is O=S(=O)(c1cc(Cl)ccc1Cl)N1C2C=CCC1CC2. The number of sulfonamides is 1. The number of halogens is 2. The van der Waals surface area contributed by atoms with E-state index in [-0.39, 0.29) is 22.0 Å². The van der Waals surface area contributed by atoms with Gasteiger partial charge in [-0.3, -0.25) is 0 Å². The number of hydrogen-bond acceptors (Lipinski definition) is 2. The van der Waals surface area contributed by atoms with Crippen LogP contribution in [-0.2, 0) is 10.0 Å². The zero-order valence-electron chi connectivity index (χ0n) is 10.1. The van der Waals surface area contributed by atoms with Gasteiger partial charge in [-0.25, -0.2) is 8.42 Å². The van der Waals surface area contributed by atoms with E-state index in [0.29, 0.717) is 5.02 Å². The van der Waals surface area contributed by atoms with E-state index in [9.17, 15) is 8.42 Å². The van der Waals surface area contributed by atoms with E-state index < -0.39 is 10.0 Å². The first kappa shape index (κ1) is 13.4. The molecule has 2 bridgehead atoms. The number of fused-ring (bicyclic) bond motifs is 2. The summed E-state index contributed by atoms with van der Waals surface area (Å²) in [5.74, 6) is 0. The van der Waals surface area contributed by atoms with Crippen molar-refractivity contribution in [3.63, 3.8) is 0 Å². The summed E-state index contributed by atoms with van der Waals surface area (Å²) in [7, 11) is -3.59. The van der Waals surface area contributed by atoms with Crippen molar-refractivity contribution in [1.29, 1.82) is 0 Å². The van der Waals surface area contributed by atoms with Crippen molar-refractivity contribution < 1.29 is 8.42 Å². The molecular weight excluding hydrogens is 305 g/mol. The second-order valence-electron chi connectivity index (χ2n) is 4.87. The summed E-state index contributed by atoms with van der Waals surface area (Å²) in [4.78, 5) is 0.105. The normalized spacial score (nSPS) is 26.8. The Bertz CT molecular complexity index is 642. The summed E-state index contributed by atoms with van der Waals surface area (Å²) in [6.45, 7) is 0. The van der Waals surface area contributed by atoms with E-state index in [0.717, 1.165) is 19.3 Å². The van der Waals surface area contributed by atoms with Crippen LogP contribution in [0.3, 0.4) is 0 Å². The van der Waals surface area contributed by atoms with Crippen LogP contribution in [0.1, 0.15) is 19.3 Å². The summed E-state index contributed by atoms with van der Waals surface area (Å²) in [6.07, 6.45) is 6.58. The summed E-state index contributed by atoms with van der Waals surface area (Å²) >= 11 is 11.9. The molecule has 2 aliphatic heterocycles. The molecule has 2 atom stereocenters. The van der Waals surface area contributed by atoms with Crippen LogP contribution in [0, 0.1) is 0 Å². The van der Waals surface area contributed by atoms with Crippen LogP contribution in [0.25, 0.3) is 0 Å². The Morgan fingerprint density at radius 1 is 1.21 bits per heavy atom. The Hall–Kier alpha value is -0.550. The topological polar surface area (TPSA) is 37.4 Å². The van der Waals surface area contributed by atoms with Crippen molar-refractivity contribution in [3.05, 3.63) is 40.4 Å². The predicted molar refractivity (Wildman–Crippen MR) is 76.1 cm³/mol. The van der Waals surface area contributed by atoms with Gasteiger partial charge in [0.1, 0.15) is 4.90 Å². The fourth-order valence-electron chi connectivity index (χ4n) is 2.85. The molecule has 19 heavy (non-hydrogen) atoms. The van der Waals surface area contributed by atoms with Crippen molar-refractivity contribution in [2.45, 2.75) is 36.2 Å². The van der Waals surface area contributed by atoms with Crippen LogP contribution >= 0.6 is 23.2 Å². The lowest BCUT2D eigenvalue weighted by atomic mass is 10.2. The second kappa shape index (κ2) is 4.77. The minimum absolute atomic E-state index is 0.0428. The molecule has 0 N–H and O–H groups in total. The minimum atomic E-state index is -3.59. The molecule has 0 aromatic heterocycles. The molecule has 0 radical (unpaired) electrons. The van der Waals surface area contributed by atoms with Gasteiger partial charge in [-0.2, -0.15) is 4.31 Å². The molecule has 3 nitrogen and oxygen atoms in total. The molecule has 6 heteroatoms. The lowest BCUT2D eigenvalue weighted by Gasteiger charge is -2.30. The zero-order chi connectivity index (χ0) is 13.6. The first-order valence-corrected chi connectivity index (χ1v) is 8.35. The third-order valence-corrected chi connectivity index (χ3v) is 6.39. The van der Waals surface area contributed by atoms with Crippen LogP contribution in [-0.4, -0.2) is 24.8 Å².